The first-order valence-electron chi connectivity index (χ1n) is 5.74. The third-order valence-electron chi connectivity index (χ3n) is 2.94. The monoisotopic (exact) mass is 219 g/mol. The highest BCUT2D eigenvalue weighted by Gasteiger charge is 2.05. The van der Waals surface area contributed by atoms with Crippen molar-refractivity contribution in [2.45, 2.75) is 27.3 Å². The number of nitrogens with zero attached hydrogens (tertiary/aromatic N) is 1. The molecule has 3 heteroatoms. The van der Waals surface area contributed by atoms with Gasteiger partial charge in [0.15, 0.2) is 0 Å². The zero-order valence-electron chi connectivity index (χ0n) is 10.4. The molecule has 0 bridgehead atoms. The number of rotatable bonds is 5. The maximum atomic E-state index is 7.38. The lowest BCUT2D eigenvalue weighted by molar-refractivity contribution is 0.295. The normalized spacial score (nSPS) is 10.8. The van der Waals surface area contributed by atoms with Gasteiger partial charge in [-0.15, -0.1) is 0 Å². The summed E-state index contributed by atoms with van der Waals surface area (Å²) in [5.74, 6) is 0.137. The molecule has 1 rings (SSSR count). The van der Waals surface area contributed by atoms with E-state index in [1.54, 1.807) is 0 Å². The van der Waals surface area contributed by atoms with E-state index in [2.05, 4.69) is 31.7 Å². The molecule has 3 nitrogen and oxygen atoms in total. The van der Waals surface area contributed by atoms with Gasteiger partial charge in [0.05, 0.1) is 0 Å². The molecule has 0 atom stereocenters. The van der Waals surface area contributed by atoms with Gasteiger partial charge in [0.2, 0.25) is 0 Å². The predicted octanol–water partition coefficient (Wildman–Crippen LogP) is 2.12. The molecule has 1 aromatic carbocycles. The Kier molecular flexibility index (Phi) is 4.50. The fraction of sp³-hybridized carbons (Fsp3) is 0.462. The van der Waals surface area contributed by atoms with Crippen molar-refractivity contribution >= 4 is 5.84 Å². The molecule has 0 fully saturated rings. The fourth-order valence-electron chi connectivity index (χ4n) is 1.73. The van der Waals surface area contributed by atoms with Gasteiger partial charge in [0.25, 0.3) is 0 Å². The van der Waals surface area contributed by atoms with Crippen molar-refractivity contribution in [2.75, 3.05) is 13.1 Å². The number of aryl methyl sites for hydroxylation is 1. The highest BCUT2D eigenvalue weighted by molar-refractivity contribution is 5.95. The van der Waals surface area contributed by atoms with Crippen LogP contribution in [0.4, 0.5) is 0 Å². The molecule has 0 amide bonds. The number of nitrogens with one attached hydrogen (secondary N) is 1. The summed E-state index contributed by atoms with van der Waals surface area (Å²) in [7, 11) is 0. The Morgan fingerprint density at radius 1 is 1.31 bits per heavy atom. The van der Waals surface area contributed by atoms with E-state index in [1.807, 2.05) is 12.1 Å². The van der Waals surface area contributed by atoms with Crippen molar-refractivity contribution in [1.82, 2.24) is 4.90 Å². The molecule has 16 heavy (non-hydrogen) atoms. The van der Waals surface area contributed by atoms with E-state index in [-0.39, 0.29) is 5.84 Å². The van der Waals surface area contributed by atoms with Crippen LogP contribution < -0.4 is 5.73 Å². The van der Waals surface area contributed by atoms with Gasteiger partial charge in [-0.2, -0.15) is 0 Å². The lowest BCUT2D eigenvalue weighted by Crippen LogP contribution is -2.22. The van der Waals surface area contributed by atoms with E-state index in [9.17, 15) is 0 Å². The molecular formula is C13H21N3. The molecule has 0 aromatic heterocycles. The van der Waals surface area contributed by atoms with Crippen LogP contribution in [0.15, 0.2) is 18.2 Å². The number of benzene rings is 1. The fourth-order valence-corrected chi connectivity index (χ4v) is 1.73. The van der Waals surface area contributed by atoms with E-state index in [4.69, 9.17) is 11.1 Å². The largest absolute Gasteiger partial charge is 0.384 e. The quantitative estimate of drug-likeness (QED) is 0.588. The van der Waals surface area contributed by atoms with Crippen LogP contribution in [0.5, 0.6) is 0 Å². The van der Waals surface area contributed by atoms with Crippen molar-refractivity contribution in [1.29, 1.82) is 5.41 Å². The van der Waals surface area contributed by atoms with Crippen LogP contribution in [0, 0.1) is 12.3 Å². The van der Waals surface area contributed by atoms with E-state index in [0.717, 1.165) is 25.2 Å². The minimum Gasteiger partial charge on any atom is -0.384 e. The molecular weight excluding hydrogens is 198 g/mol. The topological polar surface area (TPSA) is 53.1 Å². The Labute approximate surface area is 97.8 Å². The van der Waals surface area contributed by atoms with Gasteiger partial charge in [-0.25, -0.2) is 0 Å². The Morgan fingerprint density at radius 2 is 1.94 bits per heavy atom. The smallest absolute Gasteiger partial charge is 0.122 e. The number of hydrogen-bond donors (Lipinski definition) is 2. The summed E-state index contributed by atoms with van der Waals surface area (Å²) in [6.07, 6.45) is 0. The third-order valence-corrected chi connectivity index (χ3v) is 2.94. The molecule has 0 aliphatic rings. The summed E-state index contributed by atoms with van der Waals surface area (Å²) in [5.41, 5.74) is 8.79. The molecule has 0 aliphatic carbocycles. The summed E-state index contributed by atoms with van der Waals surface area (Å²) in [5, 5.41) is 7.38. The Balaban J connectivity index is 2.86. The summed E-state index contributed by atoms with van der Waals surface area (Å²) >= 11 is 0. The van der Waals surface area contributed by atoms with Crippen LogP contribution in [0.2, 0.25) is 0 Å². The number of nitrogens with two attached hydrogens (primary N) is 1. The van der Waals surface area contributed by atoms with Gasteiger partial charge in [-0.3, -0.25) is 10.3 Å². The second-order valence-corrected chi connectivity index (χ2v) is 4.02. The Hall–Kier alpha value is -1.35. The first kappa shape index (κ1) is 12.7. The van der Waals surface area contributed by atoms with Crippen molar-refractivity contribution in [3.63, 3.8) is 0 Å². The van der Waals surface area contributed by atoms with Crippen molar-refractivity contribution < 1.29 is 0 Å². The van der Waals surface area contributed by atoms with Gasteiger partial charge in [-0.05, 0) is 37.2 Å². The van der Waals surface area contributed by atoms with Crippen LogP contribution in [-0.2, 0) is 6.54 Å². The second kappa shape index (κ2) is 5.66. The van der Waals surface area contributed by atoms with Crippen molar-refractivity contribution in [3.05, 3.63) is 34.9 Å². The molecule has 0 aliphatic heterocycles. The third kappa shape index (κ3) is 3.07. The van der Waals surface area contributed by atoms with Crippen LogP contribution in [0.25, 0.3) is 0 Å². The van der Waals surface area contributed by atoms with E-state index < -0.39 is 0 Å². The zero-order chi connectivity index (χ0) is 12.1. The standard InChI is InChI=1S/C13H21N3/c1-4-16(5-2)9-12-7-6-11(13(14)15)8-10(12)3/h6-8H,4-5,9H2,1-3H3,(H3,14,15). The minimum absolute atomic E-state index is 0.137. The molecule has 0 heterocycles. The zero-order valence-corrected chi connectivity index (χ0v) is 10.4. The van der Waals surface area contributed by atoms with Gasteiger partial charge in [0.1, 0.15) is 5.84 Å². The summed E-state index contributed by atoms with van der Waals surface area (Å²) < 4.78 is 0. The summed E-state index contributed by atoms with van der Waals surface area (Å²) in [4.78, 5) is 2.37. The number of hydrogen-bond acceptors (Lipinski definition) is 2. The van der Waals surface area contributed by atoms with Crippen LogP contribution in [0.3, 0.4) is 0 Å². The molecule has 0 saturated heterocycles. The van der Waals surface area contributed by atoms with Crippen molar-refractivity contribution in [2.24, 2.45) is 5.73 Å². The maximum absolute atomic E-state index is 7.38. The number of amidine groups is 1. The molecule has 0 unspecified atom stereocenters. The summed E-state index contributed by atoms with van der Waals surface area (Å²) in [6.45, 7) is 9.50. The van der Waals surface area contributed by atoms with Gasteiger partial charge in [-0.1, -0.05) is 26.0 Å². The molecule has 0 saturated carbocycles. The van der Waals surface area contributed by atoms with Crippen LogP contribution in [-0.4, -0.2) is 23.8 Å². The second-order valence-electron chi connectivity index (χ2n) is 4.02. The lowest BCUT2D eigenvalue weighted by Gasteiger charge is -2.19. The van der Waals surface area contributed by atoms with E-state index in [1.165, 1.54) is 11.1 Å². The average Bonchev–Trinajstić information content (AvgIpc) is 2.27. The minimum atomic E-state index is 0.137. The first-order chi connectivity index (χ1) is 7.58. The van der Waals surface area contributed by atoms with Gasteiger partial charge < -0.3 is 5.73 Å². The molecule has 0 radical (unpaired) electrons. The maximum Gasteiger partial charge on any atom is 0.122 e. The lowest BCUT2D eigenvalue weighted by atomic mass is 10.0. The SMILES string of the molecule is CCN(CC)Cc1ccc(C(=N)N)cc1C. The Morgan fingerprint density at radius 3 is 2.38 bits per heavy atom. The molecule has 1 aromatic rings. The van der Waals surface area contributed by atoms with Crippen LogP contribution >= 0.6 is 0 Å². The van der Waals surface area contributed by atoms with E-state index >= 15 is 0 Å². The highest BCUT2D eigenvalue weighted by Crippen LogP contribution is 2.13. The highest BCUT2D eigenvalue weighted by atomic mass is 15.1. The Bertz CT molecular complexity index is 367. The van der Waals surface area contributed by atoms with Crippen molar-refractivity contribution in [3.8, 4) is 0 Å². The molecule has 88 valence electrons. The van der Waals surface area contributed by atoms with Gasteiger partial charge >= 0.3 is 0 Å². The predicted molar refractivity (Wildman–Crippen MR) is 68.8 cm³/mol. The average molecular weight is 219 g/mol. The van der Waals surface area contributed by atoms with Gasteiger partial charge in [0, 0.05) is 12.1 Å². The molecule has 0 spiro atoms. The van der Waals surface area contributed by atoms with Crippen LogP contribution in [0.1, 0.15) is 30.5 Å². The molecule has 3 N–H and O–H groups in total. The van der Waals surface area contributed by atoms with E-state index in [0.29, 0.717) is 0 Å². The summed E-state index contributed by atoms with van der Waals surface area (Å²) in [6, 6.07) is 5.99. The number of nitrogen functional groups attached to an aromatic ring is 1. The first-order valence-corrected chi connectivity index (χ1v) is 5.74.